The Morgan fingerprint density at radius 2 is 1.59 bits per heavy atom. The Kier molecular flexibility index (Phi) is 3.35. The van der Waals surface area contributed by atoms with Crippen molar-refractivity contribution in [2.24, 2.45) is 0 Å². The molecule has 2 aromatic carbocycles. The van der Waals surface area contributed by atoms with Gasteiger partial charge in [0, 0.05) is 0 Å². The highest BCUT2D eigenvalue weighted by Crippen LogP contribution is 2.36. The van der Waals surface area contributed by atoms with Crippen molar-refractivity contribution in [2.45, 2.75) is 0 Å². The number of hydrogen-bond acceptors (Lipinski definition) is 2. The first-order valence-corrected chi connectivity index (χ1v) is 5.50. The summed E-state index contributed by atoms with van der Waals surface area (Å²) in [6, 6.07) is 12.8. The molecule has 0 saturated carbocycles. The highest BCUT2D eigenvalue weighted by molar-refractivity contribution is 6.33. The number of phenolic OH excluding ortho intramolecular Hbond substituents is 2. The van der Waals surface area contributed by atoms with E-state index in [-0.39, 0.29) is 16.5 Å². The largest absolute Gasteiger partial charge is 0.504 e. The van der Waals surface area contributed by atoms with Crippen molar-refractivity contribution in [3.8, 4) is 11.5 Å². The van der Waals surface area contributed by atoms with Crippen LogP contribution in [0, 0.1) is 0 Å². The molecular formula is C14H11ClO2. The van der Waals surface area contributed by atoms with Crippen molar-refractivity contribution >= 4 is 23.8 Å². The van der Waals surface area contributed by atoms with E-state index in [0.717, 1.165) is 5.56 Å². The van der Waals surface area contributed by atoms with Gasteiger partial charge in [0.2, 0.25) is 0 Å². The summed E-state index contributed by atoms with van der Waals surface area (Å²) in [5.74, 6) is -0.506. The zero-order chi connectivity index (χ0) is 12.3. The predicted molar refractivity (Wildman–Crippen MR) is 70.2 cm³/mol. The van der Waals surface area contributed by atoms with Gasteiger partial charge in [0.25, 0.3) is 0 Å². The minimum atomic E-state index is -0.290. The molecule has 2 aromatic rings. The number of phenols is 2. The number of hydrogen-bond donors (Lipinski definition) is 2. The van der Waals surface area contributed by atoms with Crippen LogP contribution in [0.25, 0.3) is 12.2 Å². The van der Waals surface area contributed by atoms with Crippen LogP contribution in [0.1, 0.15) is 11.1 Å². The molecule has 17 heavy (non-hydrogen) atoms. The lowest BCUT2D eigenvalue weighted by molar-refractivity contribution is 0.404. The molecular weight excluding hydrogens is 236 g/mol. The maximum atomic E-state index is 9.47. The Morgan fingerprint density at radius 1 is 0.882 bits per heavy atom. The van der Waals surface area contributed by atoms with Crippen LogP contribution in [0.15, 0.2) is 42.5 Å². The molecule has 2 rings (SSSR count). The number of aromatic hydroxyl groups is 2. The van der Waals surface area contributed by atoms with Crippen molar-refractivity contribution in [1.29, 1.82) is 0 Å². The second-order valence-electron chi connectivity index (χ2n) is 3.58. The van der Waals surface area contributed by atoms with Crippen molar-refractivity contribution in [2.75, 3.05) is 0 Å². The highest BCUT2D eigenvalue weighted by Gasteiger charge is 2.07. The van der Waals surface area contributed by atoms with Gasteiger partial charge in [-0.1, -0.05) is 54.1 Å². The second-order valence-corrected chi connectivity index (χ2v) is 3.96. The monoisotopic (exact) mass is 246 g/mol. The molecule has 0 radical (unpaired) electrons. The third-order valence-electron chi connectivity index (χ3n) is 2.38. The molecule has 0 aliphatic carbocycles. The Hall–Kier alpha value is -1.93. The molecule has 0 atom stereocenters. The summed E-state index contributed by atoms with van der Waals surface area (Å²) in [6.45, 7) is 0. The zero-order valence-electron chi connectivity index (χ0n) is 8.97. The van der Waals surface area contributed by atoms with E-state index >= 15 is 0 Å². The lowest BCUT2D eigenvalue weighted by Gasteiger charge is -2.03. The van der Waals surface area contributed by atoms with Gasteiger partial charge >= 0.3 is 0 Å². The van der Waals surface area contributed by atoms with Gasteiger partial charge in [-0.05, 0) is 23.3 Å². The maximum Gasteiger partial charge on any atom is 0.177 e. The number of benzene rings is 2. The quantitative estimate of drug-likeness (QED) is 0.623. The summed E-state index contributed by atoms with van der Waals surface area (Å²) in [5.41, 5.74) is 1.70. The molecule has 2 N–H and O–H groups in total. The molecule has 0 saturated heterocycles. The van der Waals surface area contributed by atoms with E-state index in [2.05, 4.69) is 0 Å². The van der Waals surface area contributed by atoms with Gasteiger partial charge < -0.3 is 10.2 Å². The van der Waals surface area contributed by atoms with Crippen LogP contribution in [0.2, 0.25) is 5.02 Å². The van der Waals surface area contributed by atoms with E-state index in [0.29, 0.717) is 5.56 Å². The van der Waals surface area contributed by atoms with Crippen LogP contribution in [0.3, 0.4) is 0 Å². The van der Waals surface area contributed by atoms with Crippen LogP contribution in [-0.4, -0.2) is 10.2 Å². The van der Waals surface area contributed by atoms with Gasteiger partial charge in [-0.25, -0.2) is 0 Å². The third-order valence-corrected chi connectivity index (χ3v) is 2.78. The zero-order valence-corrected chi connectivity index (χ0v) is 9.72. The van der Waals surface area contributed by atoms with Crippen molar-refractivity contribution in [3.63, 3.8) is 0 Å². The third kappa shape index (κ3) is 2.60. The fourth-order valence-electron chi connectivity index (χ4n) is 1.45. The predicted octanol–water partition coefficient (Wildman–Crippen LogP) is 3.92. The van der Waals surface area contributed by atoms with Crippen LogP contribution in [0.4, 0.5) is 0 Å². The Balaban J connectivity index is 2.31. The molecule has 0 aromatic heterocycles. The molecule has 0 aliphatic heterocycles. The average molecular weight is 247 g/mol. The SMILES string of the molecule is Oc1ccc(/C=C/c2ccccc2)c(Cl)c1O. The lowest BCUT2D eigenvalue weighted by atomic mass is 10.1. The van der Waals surface area contributed by atoms with E-state index in [4.69, 9.17) is 11.6 Å². The van der Waals surface area contributed by atoms with Crippen molar-refractivity contribution < 1.29 is 10.2 Å². The summed E-state index contributed by atoms with van der Waals surface area (Å²) < 4.78 is 0. The maximum absolute atomic E-state index is 9.47. The van der Waals surface area contributed by atoms with E-state index in [1.54, 1.807) is 12.1 Å². The minimum absolute atomic E-state index is 0.150. The summed E-state index contributed by atoms with van der Waals surface area (Å²) in [6.07, 6.45) is 3.68. The number of halogens is 1. The molecule has 0 heterocycles. The van der Waals surface area contributed by atoms with Crippen LogP contribution >= 0.6 is 11.6 Å². The highest BCUT2D eigenvalue weighted by atomic mass is 35.5. The molecule has 86 valence electrons. The smallest absolute Gasteiger partial charge is 0.177 e. The van der Waals surface area contributed by atoms with Gasteiger partial charge in [0.05, 0.1) is 5.02 Å². The number of rotatable bonds is 2. The van der Waals surface area contributed by atoms with E-state index in [1.165, 1.54) is 6.07 Å². The molecule has 2 nitrogen and oxygen atoms in total. The molecule has 0 amide bonds. The first kappa shape index (κ1) is 11.6. The van der Waals surface area contributed by atoms with Crippen molar-refractivity contribution in [3.05, 3.63) is 58.6 Å². The molecule has 3 heteroatoms. The first-order valence-electron chi connectivity index (χ1n) is 5.12. The van der Waals surface area contributed by atoms with Gasteiger partial charge in [-0.15, -0.1) is 0 Å². The van der Waals surface area contributed by atoms with Crippen LogP contribution in [-0.2, 0) is 0 Å². The summed E-state index contributed by atoms with van der Waals surface area (Å²) in [5, 5.41) is 18.9. The van der Waals surface area contributed by atoms with E-state index < -0.39 is 0 Å². The van der Waals surface area contributed by atoms with Crippen LogP contribution in [0.5, 0.6) is 11.5 Å². The van der Waals surface area contributed by atoms with Crippen LogP contribution < -0.4 is 0 Å². The Labute approximate surface area is 104 Å². The van der Waals surface area contributed by atoms with E-state index in [9.17, 15) is 10.2 Å². The second kappa shape index (κ2) is 4.93. The van der Waals surface area contributed by atoms with E-state index in [1.807, 2.05) is 36.4 Å². The minimum Gasteiger partial charge on any atom is -0.504 e. The van der Waals surface area contributed by atoms with Gasteiger partial charge in [0.1, 0.15) is 0 Å². The summed E-state index contributed by atoms with van der Waals surface area (Å²) >= 11 is 5.90. The fourth-order valence-corrected chi connectivity index (χ4v) is 1.67. The molecule has 0 unspecified atom stereocenters. The Morgan fingerprint density at radius 3 is 2.29 bits per heavy atom. The lowest BCUT2D eigenvalue weighted by Crippen LogP contribution is -1.78. The fraction of sp³-hybridized carbons (Fsp3) is 0. The molecule has 0 spiro atoms. The standard InChI is InChI=1S/C14H11ClO2/c15-13-11(8-9-12(16)14(13)17)7-6-10-4-2-1-3-5-10/h1-9,16-17H/b7-6+. The van der Waals surface area contributed by atoms with Gasteiger partial charge in [-0.3, -0.25) is 0 Å². The topological polar surface area (TPSA) is 40.5 Å². The molecule has 0 bridgehead atoms. The van der Waals surface area contributed by atoms with Gasteiger partial charge in [0.15, 0.2) is 11.5 Å². The normalized spacial score (nSPS) is 10.9. The van der Waals surface area contributed by atoms with Gasteiger partial charge in [-0.2, -0.15) is 0 Å². The average Bonchev–Trinajstić information content (AvgIpc) is 2.36. The summed E-state index contributed by atoms with van der Waals surface area (Å²) in [7, 11) is 0. The molecule has 0 fully saturated rings. The first-order chi connectivity index (χ1) is 8.18. The Bertz CT molecular complexity index is 548. The molecule has 0 aliphatic rings. The van der Waals surface area contributed by atoms with Crippen molar-refractivity contribution in [1.82, 2.24) is 0 Å². The summed E-state index contributed by atoms with van der Waals surface area (Å²) in [4.78, 5) is 0.